The molecule has 0 radical (unpaired) electrons. The second-order valence-corrected chi connectivity index (χ2v) is 8.23. The molecule has 2 aromatic carbocycles. The van der Waals surface area contributed by atoms with Gasteiger partial charge < -0.3 is 19.7 Å². The second kappa shape index (κ2) is 10.1. The number of aromatic nitrogens is 2. The van der Waals surface area contributed by atoms with Gasteiger partial charge in [0.2, 0.25) is 0 Å². The van der Waals surface area contributed by atoms with Gasteiger partial charge in [-0.2, -0.15) is 0 Å². The fourth-order valence-corrected chi connectivity index (χ4v) is 3.92. The Labute approximate surface area is 194 Å². The molecule has 9 heteroatoms. The predicted molar refractivity (Wildman–Crippen MR) is 122 cm³/mol. The predicted octanol–water partition coefficient (Wildman–Crippen LogP) is 2.87. The molecular weight excluding hydrogens is 476 g/mol. The minimum Gasteiger partial charge on any atom is -0.483 e. The number of para-hydroxylation sites is 2. The molecule has 1 aliphatic heterocycles. The number of nitrogens with zero attached hydrogens (tertiary/aromatic N) is 3. The summed E-state index contributed by atoms with van der Waals surface area (Å²) in [5.41, 5.74) is 3.20. The summed E-state index contributed by atoms with van der Waals surface area (Å²) in [6.07, 6.45) is 0. The van der Waals surface area contributed by atoms with E-state index in [4.69, 9.17) is 9.47 Å². The smallest absolute Gasteiger partial charge is 0.272 e. The van der Waals surface area contributed by atoms with Crippen LogP contribution in [0.25, 0.3) is 11.0 Å². The minimum absolute atomic E-state index is 0.0331. The van der Waals surface area contributed by atoms with Crippen molar-refractivity contribution in [3.63, 3.8) is 0 Å². The normalized spacial score (nSPS) is 13.8. The summed E-state index contributed by atoms with van der Waals surface area (Å²) in [5, 5.41) is 2.88. The zero-order chi connectivity index (χ0) is 22.5. The van der Waals surface area contributed by atoms with E-state index in [0.29, 0.717) is 60.0 Å². The van der Waals surface area contributed by atoms with Crippen LogP contribution >= 0.6 is 15.9 Å². The first-order valence-corrected chi connectivity index (χ1v) is 11.1. The van der Waals surface area contributed by atoms with Gasteiger partial charge in [0, 0.05) is 19.6 Å². The van der Waals surface area contributed by atoms with E-state index in [-0.39, 0.29) is 18.4 Å². The Hall–Kier alpha value is -3.04. The molecular formula is C23H23BrN4O4. The van der Waals surface area contributed by atoms with Crippen LogP contribution in [0, 0.1) is 6.92 Å². The van der Waals surface area contributed by atoms with Crippen LogP contribution in [0.4, 0.5) is 0 Å². The van der Waals surface area contributed by atoms with Crippen LogP contribution in [0.15, 0.2) is 46.9 Å². The van der Waals surface area contributed by atoms with E-state index < -0.39 is 0 Å². The van der Waals surface area contributed by atoms with Crippen LogP contribution in [0.1, 0.15) is 21.7 Å². The van der Waals surface area contributed by atoms with Gasteiger partial charge in [0.1, 0.15) is 11.4 Å². The number of halogens is 1. The number of carbonyl (C=O) groups is 2. The molecule has 0 bridgehead atoms. The molecule has 1 aromatic heterocycles. The van der Waals surface area contributed by atoms with Crippen LogP contribution in [-0.4, -0.2) is 59.6 Å². The number of hydrogen-bond donors (Lipinski definition) is 1. The summed E-state index contributed by atoms with van der Waals surface area (Å²) >= 11 is 3.48. The third kappa shape index (κ3) is 5.23. The molecule has 4 rings (SSSR count). The van der Waals surface area contributed by atoms with E-state index in [0.717, 1.165) is 11.1 Å². The number of fused-ring (bicyclic) bond motifs is 1. The lowest BCUT2D eigenvalue weighted by Crippen LogP contribution is -2.43. The summed E-state index contributed by atoms with van der Waals surface area (Å²) in [6, 6.07) is 12.9. The summed E-state index contributed by atoms with van der Waals surface area (Å²) < 4.78 is 11.6. The van der Waals surface area contributed by atoms with Crippen molar-refractivity contribution in [2.24, 2.45) is 0 Å². The first-order valence-electron chi connectivity index (χ1n) is 10.3. The van der Waals surface area contributed by atoms with Crippen LogP contribution in [-0.2, 0) is 16.1 Å². The second-order valence-electron chi connectivity index (χ2n) is 7.38. The van der Waals surface area contributed by atoms with E-state index in [2.05, 4.69) is 31.2 Å². The molecule has 0 spiro atoms. The molecule has 2 heterocycles. The van der Waals surface area contributed by atoms with Gasteiger partial charge in [-0.3, -0.25) is 9.59 Å². The van der Waals surface area contributed by atoms with Gasteiger partial charge in [0.25, 0.3) is 11.8 Å². The van der Waals surface area contributed by atoms with Crippen molar-refractivity contribution in [3.8, 4) is 5.75 Å². The molecule has 0 saturated carbocycles. The molecule has 0 atom stereocenters. The Morgan fingerprint density at radius 2 is 1.84 bits per heavy atom. The van der Waals surface area contributed by atoms with Crippen molar-refractivity contribution in [3.05, 3.63) is 63.9 Å². The van der Waals surface area contributed by atoms with Crippen molar-refractivity contribution in [2.45, 2.75) is 13.5 Å². The molecule has 0 aliphatic carbocycles. The lowest BCUT2D eigenvalue weighted by molar-refractivity contribution is -0.137. The minimum atomic E-state index is -0.284. The lowest BCUT2D eigenvalue weighted by Gasteiger charge is -2.26. The third-order valence-corrected chi connectivity index (χ3v) is 5.74. The molecule has 1 aliphatic rings. The van der Waals surface area contributed by atoms with E-state index >= 15 is 0 Å². The standard InChI is InChI=1S/C23H23BrN4O4/c1-15-22(27-19-5-3-2-4-18(19)26-15)23(30)25-13-16-6-7-20(17(24)12-16)32-14-21(29)28-8-10-31-11-9-28/h2-7,12H,8-11,13-14H2,1H3,(H,25,30). The van der Waals surface area contributed by atoms with Crippen molar-refractivity contribution < 1.29 is 19.1 Å². The van der Waals surface area contributed by atoms with Crippen molar-refractivity contribution in [1.29, 1.82) is 0 Å². The summed E-state index contributed by atoms with van der Waals surface area (Å²) in [6.45, 7) is 4.34. The number of carbonyl (C=O) groups excluding carboxylic acids is 2. The van der Waals surface area contributed by atoms with Gasteiger partial charge in [-0.1, -0.05) is 18.2 Å². The molecule has 2 amide bonds. The van der Waals surface area contributed by atoms with Gasteiger partial charge in [-0.25, -0.2) is 9.97 Å². The average molecular weight is 499 g/mol. The largest absolute Gasteiger partial charge is 0.483 e. The van der Waals surface area contributed by atoms with E-state index in [1.165, 1.54) is 0 Å². The van der Waals surface area contributed by atoms with Crippen LogP contribution in [0.3, 0.4) is 0 Å². The highest BCUT2D eigenvalue weighted by Gasteiger charge is 2.18. The van der Waals surface area contributed by atoms with Gasteiger partial charge in [-0.15, -0.1) is 0 Å². The lowest BCUT2D eigenvalue weighted by atomic mass is 10.2. The molecule has 1 N–H and O–H groups in total. The van der Waals surface area contributed by atoms with E-state index in [1.807, 2.05) is 36.4 Å². The summed E-state index contributed by atoms with van der Waals surface area (Å²) in [7, 11) is 0. The number of morpholine rings is 1. The van der Waals surface area contributed by atoms with Crippen LogP contribution in [0.2, 0.25) is 0 Å². The molecule has 1 fully saturated rings. The van der Waals surface area contributed by atoms with Crippen molar-refractivity contribution >= 4 is 38.8 Å². The zero-order valence-electron chi connectivity index (χ0n) is 17.6. The van der Waals surface area contributed by atoms with Gasteiger partial charge in [0.05, 0.1) is 34.4 Å². The summed E-state index contributed by atoms with van der Waals surface area (Å²) in [5.74, 6) is 0.217. The topological polar surface area (TPSA) is 93.7 Å². The first-order chi connectivity index (χ1) is 15.5. The van der Waals surface area contributed by atoms with Gasteiger partial charge in [-0.05, 0) is 52.7 Å². The van der Waals surface area contributed by atoms with Gasteiger partial charge >= 0.3 is 0 Å². The average Bonchev–Trinajstić information content (AvgIpc) is 2.81. The van der Waals surface area contributed by atoms with E-state index in [9.17, 15) is 9.59 Å². The van der Waals surface area contributed by atoms with Gasteiger partial charge in [0.15, 0.2) is 6.61 Å². The molecule has 166 valence electrons. The number of rotatable bonds is 6. The fourth-order valence-electron chi connectivity index (χ4n) is 3.38. The Kier molecular flexibility index (Phi) is 6.96. The Morgan fingerprint density at radius 3 is 2.56 bits per heavy atom. The zero-order valence-corrected chi connectivity index (χ0v) is 19.2. The highest BCUT2D eigenvalue weighted by Crippen LogP contribution is 2.26. The molecule has 0 unspecified atom stereocenters. The quantitative estimate of drug-likeness (QED) is 0.561. The molecule has 8 nitrogen and oxygen atoms in total. The SMILES string of the molecule is Cc1nc2ccccc2nc1C(=O)NCc1ccc(OCC(=O)N2CCOCC2)c(Br)c1. The monoisotopic (exact) mass is 498 g/mol. The highest BCUT2D eigenvalue weighted by molar-refractivity contribution is 9.10. The maximum Gasteiger partial charge on any atom is 0.272 e. The number of hydrogen-bond acceptors (Lipinski definition) is 6. The molecule has 1 saturated heterocycles. The maximum atomic E-state index is 12.7. The number of amides is 2. The number of nitrogens with one attached hydrogen (secondary N) is 1. The first kappa shape index (κ1) is 22.2. The Morgan fingerprint density at radius 1 is 1.12 bits per heavy atom. The molecule has 32 heavy (non-hydrogen) atoms. The van der Waals surface area contributed by atoms with Crippen LogP contribution in [0.5, 0.6) is 5.75 Å². The Balaban J connectivity index is 1.35. The van der Waals surface area contributed by atoms with Crippen molar-refractivity contribution in [2.75, 3.05) is 32.9 Å². The number of benzene rings is 2. The third-order valence-electron chi connectivity index (χ3n) is 5.12. The Bertz CT molecular complexity index is 1150. The maximum absolute atomic E-state index is 12.7. The number of ether oxygens (including phenoxy) is 2. The summed E-state index contributed by atoms with van der Waals surface area (Å²) in [4.78, 5) is 35.5. The van der Waals surface area contributed by atoms with Crippen molar-refractivity contribution in [1.82, 2.24) is 20.2 Å². The van der Waals surface area contributed by atoms with E-state index in [1.54, 1.807) is 17.9 Å². The fraction of sp³-hybridized carbons (Fsp3) is 0.304. The molecule has 3 aromatic rings. The number of aryl methyl sites for hydroxylation is 1. The van der Waals surface area contributed by atoms with Crippen LogP contribution < -0.4 is 10.1 Å². The highest BCUT2D eigenvalue weighted by atomic mass is 79.9.